The van der Waals surface area contributed by atoms with Crippen LogP contribution in [0.3, 0.4) is 0 Å². The van der Waals surface area contributed by atoms with Gasteiger partial charge in [-0.15, -0.1) is 0 Å². The molecule has 0 unspecified atom stereocenters. The normalized spacial score (nSPS) is 13.6. The summed E-state index contributed by atoms with van der Waals surface area (Å²) in [5.41, 5.74) is 2.72. The lowest BCUT2D eigenvalue weighted by molar-refractivity contribution is 0.0952. The number of carbonyl (C=O) groups is 2. The van der Waals surface area contributed by atoms with Gasteiger partial charge in [0.15, 0.2) is 0 Å². The van der Waals surface area contributed by atoms with E-state index in [4.69, 9.17) is 0 Å². The van der Waals surface area contributed by atoms with E-state index in [1.54, 1.807) is 30.3 Å². The molecule has 2 N–H and O–H groups in total. The van der Waals surface area contributed by atoms with Crippen LogP contribution in [0.25, 0.3) is 0 Å². The molecule has 2 aromatic rings. The van der Waals surface area contributed by atoms with Gasteiger partial charge < -0.3 is 10.6 Å². The minimum absolute atomic E-state index is 0.150. The first-order chi connectivity index (χ1) is 13.1. The van der Waals surface area contributed by atoms with Crippen LogP contribution >= 0.6 is 0 Å². The fourth-order valence-corrected chi connectivity index (χ4v) is 3.11. The van der Waals surface area contributed by atoms with Crippen molar-refractivity contribution in [3.8, 4) is 0 Å². The maximum absolute atomic E-state index is 13.2. The Hall–Kier alpha value is -2.95. The van der Waals surface area contributed by atoms with E-state index in [1.165, 1.54) is 36.6 Å². The van der Waals surface area contributed by atoms with Crippen LogP contribution in [-0.2, 0) is 0 Å². The summed E-state index contributed by atoms with van der Waals surface area (Å²) < 4.78 is 13.2. The van der Waals surface area contributed by atoms with Gasteiger partial charge in [-0.2, -0.15) is 0 Å². The maximum Gasteiger partial charge on any atom is 0.255 e. The molecule has 0 radical (unpaired) electrons. The van der Waals surface area contributed by atoms with Crippen molar-refractivity contribution >= 4 is 17.5 Å². The number of allylic oxidation sites excluding steroid dienone is 1. The van der Waals surface area contributed by atoms with Crippen molar-refractivity contribution in [1.82, 2.24) is 5.32 Å². The van der Waals surface area contributed by atoms with Gasteiger partial charge in [0.25, 0.3) is 11.8 Å². The van der Waals surface area contributed by atoms with Crippen molar-refractivity contribution in [3.63, 3.8) is 0 Å². The lowest BCUT2D eigenvalue weighted by atomic mass is 9.97. The van der Waals surface area contributed by atoms with E-state index < -0.39 is 5.82 Å². The monoisotopic (exact) mass is 366 g/mol. The van der Waals surface area contributed by atoms with E-state index in [2.05, 4.69) is 16.7 Å². The van der Waals surface area contributed by atoms with Crippen LogP contribution in [0.1, 0.15) is 52.8 Å². The molecular weight excluding hydrogens is 343 g/mol. The molecule has 2 aromatic carbocycles. The summed E-state index contributed by atoms with van der Waals surface area (Å²) >= 11 is 0. The maximum atomic E-state index is 13.2. The highest BCUT2D eigenvalue weighted by Gasteiger charge is 2.10. The molecule has 0 spiro atoms. The Kier molecular flexibility index (Phi) is 6.36. The Balaban J connectivity index is 1.52. The number of amides is 2. The summed E-state index contributed by atoms with van der Waals surface area (Å²) in [6, 6.07) is 12.1. The summed E-state index contributed by atoms with van der Waals surface area (Å²) in [6.07, 6.45) is 7.93. The van der Waals surface area contributed by atoms with Crippen molar-refractivity contribution in [2.45, 2.75) is 32.1 Å². The fraction of sp³-hybridized carbons (Fsp3) is 0.273. The summed E-state index contributed by atoms with van der Waals surface area (Å²) in [5, 5.41) is 5.55. The van der Waals surface area contributed by atoms with Gasteiger partial charge in [0, 0.05) is 23.4 Å². The zero-order valence-corrected chi connectivity index (χ0v) is 15.1. The Morgan fingerprint density at radius 3 is 2.37 bits per heavy atom. The number of halogens is 1. The highest BCUT2D eigenvalue weighted by atomic mass is 19.1. The molecule has 0 atom stereocenters. The molecule has 0 heterocycles. The smallest absolute Gasteiger partial charge is 0.255 e. The Bertz CT molecular complexity index is 844. The molecule has 0 saturated heterocycles. The van der Waals surface area contributed by atoms with Gasteiger partial charge in [-0.25, -0.2) is 4.39 Å². The number of rotatable bonds is 6. The quantitative estimate of drug-likeness (QED) is 0.728. The molecule has 0 fully saturated rings. The van der Waals surface area contributed by atoms with Crippen LogP contribution in [0, 0.1) is 5.82 Å². The van der Waals surface area contributed by atoms with Crippen LogP contribution < -0.4 is 10.6 Å². The van der Waals surface area contributed by atoms with Gasteiger partial charge in [-0.05, 0) is 74.6 Å². The standard InChI is InChI=1S/C22H23FN2O2/c23-19-7-4-8-20(15-19)25-22(27)18-11-9-17(10-12-18)21(26)24-14-13-16-5-2-1-3-6-16/h4-5,7-12,15H,1-3,6,13-14H2,(H,24,26)(H,25,27). The molecule has 1 aliphatic rings. The first-order valence-corrected chi connectivity index (χ1v) is 9.25. The lowest BCUT2D eigenvalue weighted by Crippen LogP contribution is -2.25. The van der Waals surface area contributed by atoms with Gasteiger partial charge in [-0.3, -0.25) is 9.59 Å². The van der Waals surface area contributed by atoms with Crippen molar-refractivity contribution in [2.75, 3.05) is 11.9 Å². The third kappa shape index (κ3) is 5.51. The average molecular weight is 366 g/mol. The molecule has 0 aliphatic heterocycles. The Morgan fingerprint density at radius 2 is 1.70 bits per heavy atom. The molecule has 27 heavy (non-hydrogen) atoms. The van der Waals surface area contributed by atoms with Crippen LogP contribution in [0.2, 0.25) is 0 Å². The second-order valence-electron chi connectivity index (χ2n) is 6.66. The average Bonchev–Trinajstić information content (AvgIpc) is 2.69. The Labute approximate surface area is 158 Å². The van der Waals surface area contributed by atoms with Crippen LogP contribution in [-0.4, -0.2) is 18.4 Å². The van der Waals surface area contributed by atoms with Crippen molar-refractivity contribution in [1.29, 1.82) is 0 Å². The minimum Gasteiger partial charge on any atom is -0.352 e. The topological polar surface area (TPSA) is 58.2 Å². The molecule has 0 saturated carbocycles. The van der Waals surface area contributed by atoms with E-state index in [0.717, 1.165) is 19.3 Å². The number of hydrogen-bond donors (Lipinski definition) is 2. The van der Waals surface area contributed by atoms with Crippen molar-refractivity contribution < 1.29 is 14.0 Å². The first-order valence-electron chi connectivity index (χ1n) is 9.25. The predicted octanol–water partition coefficient (Wildman–Crippen LogP) is 4.70. The molecule has 0 bridgehead atoms. The second-order valence-corrected chi connectivity index (χ2v) is 6.66. The van der Waals surface area contributed by atoms with Gasteiger partial charge in [-0.1, -0.05) is 17.7 Å². The third-order valence-electron chi connectivity index (χ3n) is 4.61. The SMILES string of the molecule is O=C(NCCC1=CCCCC1)c1ccc(C(=O)Nc2cccc(F)c2)cc1. The predicted molar refractivity (Wildman–Crippen MR) is 104 cm³/mol. The van der Waals surface area contributed by atoms with Crippen LogP contribution in [0.4, 0.5) is 10.1 Å². The van der Waals surface area contributed by atoms with Crippen molar-refractivity contribution in [3.05, 3.63) is 77.1 Å². The summed E-state index contributed by atoms with van der Waals surface area (Å²) in [4.78, 5) is 24.4. The van der Waals surface area contributed by atoms with E-state index >= 15 is 0 Å². The van der Waals surface area contributed by atoms with Gasteiger partial charge in [0.2, 0.25) is 0 Å². The van der Waals surface area contributed by atoms with E-state index in [-0.39, 0.29) is 11.8 Å². The fourth-order valence-electron chi connectivity index (χ4n) is 3.11. The van der Waals surface area contributed by atoms with E-state index in [1.807, 2.05) is 0 Å². The number of nitrogens with one attached hydrogen (secondary N) is 2. The molecule has 1 aliphatic carbocycles. The lowest BCUT2D eigenvalue weighted by Gasteiger charge is -2.13. The zero-order chi connectivity index (χ0) is 19.1. The first kappa shape index (κ1) is 18.8. The number of benzene rings is 2. The van der Waals surface area contributed by atoms with E-state index in [9.17, 15) is 14.0 Å². The Morgan fingerprint density at radius 1 is 0.963 bits per heavy atom. The molecule has 5 heteroatoms. The molecule has 0 aromatic heterocycles. The highest BCUT2D eigenvalue weighted by molar-refractivity contribution is 6.05. The minimum atomic E-state index is -0.413. The summed E-state index contributed by atoms with van der Waals surface area (Å²) in [5.74, 6) is -0.913. The van der Waals surface area contributed by atoms with E-state index in [0.29, 0.717) is 23.4 Å². The highest BCUT2D eigenvalue weighted by Crippen LogP contribution is 2.19. The molecule has 140 valence electrons. The van der Waals surface area contributed by atoms with Gasteiger partial charge >= 0.3 is 0 Å². The summed E-state index contributed by atoms with van der Waals surface area (Å²) in [6.45, 7) is 0.618. The molecule has 4 nitrogen and oxygen atoms in total. The van der Waals surface area contributed by atoms with Crippen LogP contribution in [0.15, 0.2) is 60.2 Å². The number of carbonyl (C=O) groups excluding carboxylic acids is 2. The van der Waals surface area contributed by atoms with Crippen LogP contribution in [0.5, 0.6) is 0 Å². The molecular formula is C22H23FN2O2. The zero-order valence-electron chi connectivity index (χ0n) is 15.1. The third-order valence-corrected chi connectivity index (χ3v) is 4.61. The van der Waals surface area contributed by atoms with Crippen molar-refractivity contribution in [2.24, 2.45) is 0 Å². The number of anilines is 1. The van der Waals surface area contributed by atoms with Gasteiger partial charge in [0.05, 0.1) is 0 Å². The number of hydrogen-bond acceptors (Lipinski definition) is 2. The second kappa shape index (κ2) is 9.12. The molecule has 3 rings (SSSR count). The van der Waals surface area contributed by atoms with Gasteiger partial charge in [0.1, 0.15) is 5.82 Å². The largest absolute Gasteiger partial charge is 0.352 e. The summed E-state index contributed by atoms with van der Waals surface area (Å²) in [7, 11) is 0. The molecule has 2 amide bonds.